The molecular weight excluding hydrogens is 286 g/mol. The van der Waals surface area contributed by atoms with Crippen LogP contribution < -0.4 is 5.32 Å². The fourth-order valence-corrected chi connectivity index (χ4v) is 2.64. The highest BCUT2D eigenvalue weighted by Crippen LogP contribution is 2.16. The predicted molar refractivity (Wildman–Crippen MR) is 84.8 cm³/mol. The third-order valence-corrected chi connectivity index (χ3v) is 3.97. The summed E-state index contributed by atoms with van der Waals surface area (Å²) in [6.07, 6.45) is 0.760. The maximum atomic E-state index is 12.4. The van der Waals surface area contributed by atoms with Gasteiger partial charge in [-0.05, 0) is 12.0 Å². The lowest BCUT2D eigenvalue weighted by Crippen LogP contribution is -2.35. The van der Waals surface area contributed by atoms with Crippen LogP contribution in [0.3, 0.4) is 0 Å². The van der Waals surface area contributed by atoms with Gasteiger partial charge in [-0.1, -0.05) is 30.3 Å². The number of aromatic nitrogens is 1. The number of rotatable bonds is 7. The molecule has 2 rings (SSSR count). The largest absolute Gasteiger partial charge is 0.395 e. The molecule has 0 atom stereocenters. The van der Waals surface area contributed by atoms with Crippen molar-refractivity contribution in [1.82, 2.24) is 9.88 Å². The Balaban J connectivity index is 2.02. The molecular formula is C15H19N3O2S. The Hall–Kier alpha value is -1.92. The number of carbonyl (C=O) groups excluding carboxylic acids is 1. The number of amides is 1. The number of aliphatic hydroxyl groups is 1. The zero-order valence-corrected chi connectivity index (χ0v) is 12.8. The van der Waals surface area contributed by atoms with Crippen LogP contribution in [0.25, 0.3) is 0 Å². The molecule has 0 saturated carbocycles. The molecule has 0 fully saturated rings. The summed E-state index contributed by atoms with van der Waals surface area (Å²) in [5.74, 6) is -0.141. The summed E-state index contributed by atoms with van der Waals surface area (Å²) < 4.78 is 0. The second kappa shape index (κ2) is 7.75. The van der Waals surface area contributed by atoms with E-state index in [0.717, 1.165) is 6.42 Å². The maximum absolute atomic E-state index is 12.4. The second-order valence-electron chi connectivity index (χ2n) is 4.54. The van der Waals surface area contributed by atoms with E-state index in [2.05, 4.69) is 10.3 Å². The summed E-state index contributed by atoms with van der Waals surface area (Å²) in [5.41, 5.74) is 1.59. The van der Waals surface area contributed by atoms with Crippen LogP contribution in [-0.2, 0) is 6.42 Å². The lowest BCUT2D eigenvalue weighted by atomic mass is 10.1. The first kappa shape index (κ1) is 15.5. The van der Waals surface area contributed by atoms with E-state index < -0.39 is 0 Å². The van der Waals surface area contributed by atoms with E-state index in [0.29, 0.717) is 23.9 Å². The molecule has 112 valence electrons. The average Bonchev–Trinajstić information content (AvgIpc) is 3.01. The molecule has 2 N–H and O–H groups in total. The monoisotopic (exact) mass is 305 g/mol. The van der Waals surface area contributed by atoms with Gasteiger partial charge in [-0.25, -0.2) is 4.98 Å². The van der Waals surface area contributed by atoms with Gasteiger partial charge in [0.1, 0.15) is 5.69 Å². The van der Waals surface area contributed by atoms with Crippen LogP contribution in [0.5, 0.6) is 0 Å². The number of hydrogen-bond acceptors (Lipinski definition) is 5. The van der Waals surface area contributed by atoms with E-state index in [1.165, 1.54) is 16.9 Å². The molecule has 2 aromatic rings. The van der Waals surface area contributed by atoms with Gasteiger partial charge < -0.3 is 15.3 Å². The standard InChI is InChI=1S/C15H19N3O2S/c1-16-15-17-13(11-21-15)14(20)18(9-10-19)8-7-12-5-3-2-4-6-12/h2-6,11,19H,7-10H2,1H3,(H,16,17). The summed E-state index contributed by atoms with van der Waals surface area (Å²) >= 11 is 1.40. The van der Waals surface area contributed by atoms with Crippen molar-refractivity contribution in [3.8, 4) is 0 Å². The SMILES string of the molecule is CNc1nc(C(=O)N(CCO)CCc2ccccc2)cs1. The van der Waals surface area contributed by atoms with Gasteiger partial charge in [0.25, 0.3) is 5.91 Å². The van der Waals surface area contributed by atoms with Gasteiger partial charge in [0.2, 0.25) is 0 Å². The van der Waals surface area contributed by atoms with Crippen LogP contribution in [0.15, 0.2) is 35.7 Å². The lowest BCUT2D eigenvalue weighted by molar-refractivity contribution is 0.0719. The molecule has 0 bridgehead atoms. The number of carbonyl (C=O) groups is 1. The molecule has 21 heavy (non-hydrogen) atoms. The fourth-order valence-electron chi connectivity index (χ4n) is 1.99. The minimum atomic E-state index is -0.141. The third-order valence-electron chi connectivity index (χ3n) is 3.11. The summed E-state index contributed by atoms with van der Waals surface area (Å²) in [5, 5.41) is 14.5. The summed E-state index contributed by atoms with van der Waals surface area (Å²) in [7, 11) is 1.77. The predicted octanol–water partition coefficient (Wildman–Crippen LogP) is 1.86. The quantitative estimate of drug-likeness (QED) is 0.819. The van der Waals surface area contributed by atoms with Gasteiger partial charge in [-0.2, -0.15) is 0 Å². The summed E-state index contributed by atoms with van der Waals surface area (Å²) in [6, 6.07) is 9.99. The normalized spacial score (nSPS) is 10.4. The topological polar surface area (TPSA) is 65.5 Å². The van der Waals surface area contributed by atoms with E-state index in [1.54, 1.807) is 17.3 Å². The molecule has 6 heteroatoms. The van der Waals surface area contributed by atoms with Gasteiger partial charge in [0.15, 0.2) is 5.13 Å². The summed E-state index contributed by atoms with van der Waals surface area (Å²) in [4.78, 5) is 18.3. The maximum Gasteiger partial charge on any atom is 0.273 e. The number of nitrogens with one attached hydrogen (secondary N) is 1. The van der Waals surface area contributed by atoms with Crippen molar-refractivity contribution in [3.63, 3.8) is 0 Å². The van der Waals surface area contributed by atoms with Gasteiger partial charge in [-0.15, -0.1) is 11.3 Å². The smallest absolute Gasteiger partial charge is 0.273 e. The van der Waals surface area contributed by atoms with Crippen molar-refractivity contribution in [2.45, 2.75) is 6.42 Å². The van der Waals surface area contributed by atoms with E-state index in [-0.39, 0.29) is 12.5 Å². The van der Waals surface area contributed by atoms with Gasteiger partial charge in [-0.3, -0.25) is 4.79 Å². The van der Waals surface area contributed by atoms with Crippen LogP contribution in [0, 0.1) is 0 Å². The van der Waals surface area contributed by atoms with Crippen molar-refractivity contribution < 1.29 is 9.90 Å². The van der Waals surface area contributed by atoms with Crippen LogP contribution in [0.2, 0.25) is 0 Å². The minimum Gasteiger partial charge on any atom is -0.395 e. The first-order valence-electron chi connectivity index (χ1n) is 6.82. The molecule has 1 amide bonds. The molecule has 0 unspecified atom stereocenters. The molecule has 0 aliphatic heterocycles. The summed E-state index contributed by atoms with van der Waals surface area (Å²) in [6.45, 7) is 0.831. The van der Waals surface area contributed by atoms with Crippen molar-refractivity contribution in [2.24, 2.45) is 0 Å². The molecule has 1 heterocycles. The van der Waals surface area contributed by atoms with Crippen molar-refractivity contribution >= 4 is 22.4 Å². The molecule has 0 aliphatic rings. The number of anilines is 1. The molecule has 5 nitrogen and oxygen atoms in total. The highest BCUT2D eigenvalue weighted by atomic mass is 32.1. The first-order chi connectivity index (χ1) is 10.2. The Morgan fingerprint density at radius 3 is 2.71 bits per heavy atom. The Bertz CT molecular complexity index is 571. The third kappa shape index (κ3) is 4.27. The zero-order valence-electron chi connectivity index (χ0n) is 12.0. The Morgan fingerprint density at radius 1 is 1.33 bits per heavy atom. The van der Waals surface area contributed by atoms with Crippen LogP contribution in [-0.4, -0.2) is 47.6 Å². The van der Waals surface area contributed by atoms with Gasteiger partial charge in [0, 0.05) is 25.5 Å². The van der Waals surface area contributed by atoms with Gasteiger partial charge in [0.05, 0.1) is 6.61 Å². The second-order valence-corrected chi connectivity index (χ2v) is 5.40. The molecule has 1 aromatic heterocycles. The Morgan fingerprint density at radius 2 is 2.10 bits per heavy atom. The van der Waals surface area contributed by atoms with Crippen molar-refractivity contribution in [1.29, 1.82) is 0 Å². The average molecular weight is 305 g/mol. The molecule has 0 saturated heterocycles. The highest BCUT2D eigenvalue weighted by molar-refractivity contribution is 7.13. The van der Waals surface area contributed by atoms with Crippen LogP contribution >= 0.6 is 11.3 Å². The van der Waals surface area contributed by atoms with E-state index in [9.17, 15) is 4.79 Å². The number of benzene rings is 1. The lowest BCUT2D eigenvalue weighted by Gasteiger charge is -2.20. The van der Waals surface area contributed by atoms with Crippen LogP contribution in [0.1, 0.15) is 16.1 Å². The van der Waals surface area contributed by atoms with Gasteiger partial charge >= 0.3 is 0 Å². The molecule has 0 spiro atoms. The molecule has 0 radical (unpaired) electrons. The number of hydrogen-bond donors (Lipinski definition) is 2. The molecule has 0 aliphatic carbocycles. The Kier molecular flexibility index (Phi) is 5.71. The van der Waals surface area contributed by atoms with E-state index in [1.807, 2.05) is 30.3 Å². The minimum absolute atomic E-state index is 0.0520. The Labute approximate surface area is 128 Å². The number of nitrogens with zero attached hydrogens (tertiary/aromatic N) is 2. The van der Waals surface area contributed by atoms with E-state index >= 15 is 0 Å². The van der Waals surface area contributed by atoms with Crippen molar-refractivity contribution in [3.05, 3.63) is 47.0 Å². The number of thiazole rings is 1. The number of aliphatic hydroxyl groups excluding tert-OH is 1. The van der Waals surface area contributed by atoms with E-state index in [4.69, 9.17) is 5.11 Å². The van der Waals surface area contributed by atoms with Crippen molar-refractivity contribution in [2.75, 3.05) is 32.1 Å². The molecule has 1 aromatic carbocycles. The first-order valence-corrected chi connectivity index (χ1v) is 7.70. The highest BCUT2D eigenvalue weighted by Gasteiger charge is 2.18. The fraction of sp³-hybridized carbons (Fsp3) is 0.333. The zero-order chi connectivity index (χ0) is 15.1. The van der Waals surface area contributed by atoms with Crippen LogP contribution in [0.4, 0.5) is 5.13 Å².